The molecule has 1 rings (SSSR count). The molecule has 19 heavy (non-hydrogen) atoms. The van der Waals surface area contributed by atoms with Gasteiger partial charge in [0.15, 0.2) is 0 Å². The molecule has 0 spiro atoms. The molecule has 0 saturated carbocycles. The van der Waals surface area contributed by atoms with E-state index in [4.69, 9.17) is 0 Å². The molecule has 108 valence electrons. The largest absolute Gasteiger partial charge is 0.310 e. The SMILES string of the molecule is CCNC(CC(C)CC(C)(C)C)c1ccc(F)cc1. The Hall–Kier alpha value is -0.890. The minimum Gasteiger partial charge on any atom is -0.310 e. The van der Waals surface area contributed by atoms with Crippen molar-refractivity contribution in [3.05, 3.63) is 35.6 Å². The minimum atomic E-state index is -0.165. The van der Waals surface area contributed by atoms with E-state index in [1.807, 2.05) is 12.1 Å². The van der Waals surface area contributed by atoms with Crippen molar-refractivity contribution in [1.29, 1.82) is 0 Å². The summed E-state index contributed by atoms with van der Waals surface area (Å²) in [5.74, 6) is 0.482. The van der Waals surface area contributed by atoms with Gasteiger partial charge in [-0.2, -0.15) is 0 Å². The van der Waals surface area contributed by atoms with Crippen LogP contribution in [0.4, 0.5) is 4.39 Å². The molecule has 0 bridgehead atoms. The first kappa shape index (κ1) is 16.2. The second-order valence-corrected chi connectivity index (χ2v) is 6.77. The van der Waals surface area contributed by atoms with Crippen LogP contribution in [0, 0.1) is 17.2 Å². The predicted molar refractivity (Wildman–Crippen MR) is 80.7 cm³/mol. The molecule has 0 aliphatic carbocycles. The molecule has 1 aromatic carbocycles. The number of hydrogen-bond donors (Lipinski definition) is 1. The molecule has 0 radical (unpaired) electrons. The maximum Gasteiger partial charge on any atom is 0.123 e. The van der Waals surface area contributed by atoms with Gasteiger partial charge in [0.2, 0.25) is 0 Å². The third kappa shape index (κ3) is 6.20. The van der Waals surface area contributed by atoms with Crippen LogP contribution in [0.5, 0.6) is 0 Å². The van der Waals surface area contributed by atoms with Crippen LogP contribution < -0.4 is 5.32 Å². The van der Waals surface area contributed by atoms with Gasteiger partial charge in [-0.15, -0.1) is 0 Å². The zero-order valence-electron chi connectivity index (χ0n) is 13.0. The smallest absolute Gasteiger partial charge is 0.123 e. The maximum atomic E-state index is 13.0. The van der Waals surface area contributed by atoms with Gasteiger partial charge in [-0.05, 0) is 48.4 Å². The molecule has 0 fully saturated rings. The Balaban J connectivity index is 2.70. The first-order valence-electron chi connectivity index (χ1n) is 7.30. The van der Waals surface area contributed by atoms with Gasteiger partial charge in [-0.1, -0.05) is 46.8 Å². The van der Waals surface area contributed by atoms with Crippen LogP contribution in [-0.4, -0.2) is 6.54 Å². The lowest BCUT2D eigenvalue weighted by Crippen LogP contribution is -2.24. The Kier molecular flexibility index (Phi) is 5.99. The lowest BCUT2D eigenvalue weighted by atomic mass is 9.82. The summed E-state index contributed by atoms with van der Waals surface area (Å²) in [6.45, 7) is 12.2. The fraction of sp³-hybridized carbons (Fsp3) is 0.647. The van der Waals surface area contributed by atoms with Gasteiger partial charge in [0.25, 0.3) is 0 Å². The molecule has 1 N–H and O–H groups in total. The first-order valence-corrected chi connectivity index (χ1v) is 7.30. The Morgan fingerprint density at radius 3 is 2.21 bits per heavy atom. The molecule has 0 heterocycles. The number of benzene rings is 1. The number of hydrogen-bond acceptors (Lipinski definition) is 1. The molecule has 0 saturated heterocycles. The zero-order valence-corrected chi connectivity index (χ0v) is 13.0. The molecule has 2 unspecified atom stereocenters. The van der Waals surface area contributed by atoms with Crippen LogP contribution >= 0.6 is 0 Å². The Bertz CT molecular complexity index is 364. The summed E-state index contributed by atoms with van der Waals surface area (Å²) >= 11 is 0. The van der Waals surface area contributed by atoms with E-state index in [1.165, 1.54) is 12.0 Å². The Morgan fingerprint density at radius 2 is 1.74 bits per heavy atom. The van der Waals surface area contributed by atoms with Crippen molar-refractivity contribution in [3.63, 3.8) is 0 Å². The summed E-state index contributed by atoms with van der Waals surface area (Å²) in [5.41, 5.74) is 1.54. The van der Waals surface area contributed by atoms with Crippen molar-refractivity contribution < 1.29 is 4.39 Å². The predicted octanol–water partition coefficient (Wildman–Crippen LogP) is 4.94. The second kappa shape index (κ2) is 7.04. The summed E-state index contributed by atoms with van der Waals surface area (Å²) in [6, 6.07) is 7.21. The summed E-state index contributed by atoms with van der Waals surface area (Å²) < 4.78 is 13.0. The van der Waals surface area contributed by atoms with Crippen molar-refractivity contribution in [2.24, 2.45) is 11.3 Å². The van der Waals surface area contributed by atoms with E-state index in [1.54, 1.807) is 12.1 Å². The first-order chi connectivity index (χ1) is 8.81. The summed E-state index contributed by atoms with van der Waals surface area (Å²) in [6.07, 6.45) is 2.30. The van der Waals surface area contributed by atoms with E-state index in [-0.39, 0.29) is 5.82 Å². The molecule has 2 atom stereocenters. The van der Waals surface area contributed by atoms with Crippen LogP contribution in [0.2, 0.25) is 0 Å². The molecular weight excluding hydrogens is 237 g/mol. The molecule has 2 heteroatoms. The van der Waals surface area contributed by atoms with Gasteiger partial charge in [-0.25, -0.2) is 4.39 Å². The standard InChI is InChI=1S/C17H28FN/c1-6-19-16(11-13(2)12-17(3,4)5)14-7-9-15(18)10-8-14/h7-10,13,16,19H,6,11-12H2,1-5H3. The average molecular weight is 265 g/mol. The van der Waals surface area contributed by atoms with Gasteiger partial charge >= 0.3 is 0 Å². The van der Waals surface area contributed by atoms with Crippen LogP contribution in [-0.2, 0) is 0 Å². The highest BCUT2D eigenvalue weighted by molar-refractivity contribution is 5.20. The molecule has 1 nitrogen and oxygen atoms in total. The zero-order chi connectivity index (χ0) is 14.5. The third-order valence-corrected chi connectivity index (χ3v) is 3.32. The van der Waals surface area contributed by atoms with Gasteiger partial charge < -0.3 is 5.32 Å². The van der Waals surface area contributed by atoms with Gasteiger partial charge in [-0.3, -0.25) is 0 Å². The van der Waals surface area contributed by atoms with E-state index >= 15 is 0 Å². The Labute approximate surface area is 117 Å². The second-order valence-electron chi connectivity index (χ2n) is 6.77. The van der Waals surface area contributed by atoms with E-state index < -0.39 is 0 Å². The molecule has 1 aromatic rings. The summed E-state index contributed by atoms with van der Waals surface area (Å²) in [7, 11) is 0. The van der Waals surface area contributed by atoms with Crippen LogP contribution in [0.3, 0.4) is 0 Å². The number of nitrogens with one attached hydrogen (secondary N) is 1. The van der Waals surface area contributed by atoms with Crippen LogP contribution in [0.25, 0.3) is 0 Å². The maximum absolute atomic E-state index is 13.0. The van der Waals surface area contributed by atoms with Gasteiger partial charge in [0.05, 0.1) is 0 Å². The van der Waals surface area contributed by atoms with Crippen molar-refractivity contribution >= 4 is 0 Å². The molecular formula is C17H28FN. The van der Waals surface area contributed by atoms with Crippen LogP contribution in [0.1, 0.15) is 59.1 Å². The third-order valence-electron chi connectivity index (χ3n) is 3.32. The molecule has 0 amide bonds. The topological polar surface area (TPSA) is 12.0 Å². The van der Waals surface area contributed by atoms with E-state index in [9.17, 15) is 4.39 Å². The number of rotatable bonds is 6. The lowest BCUT2D eigenvalue weighted by molar-refractivity contribution is 0.276. The van der Waals surface area contributed by atoms with Crippen LogP contribution in [0.15, 0.2) is 24.3 Å². The Morgan fingerprint density at radius 1 is 1.16 bits per heavy atom. The minimum absolute atomic E-state index is 0.165. The summed E-state index contributed by atoms with van der Waals surface area (Å²) in [5, 5.41) is 3.51. The highest BCUT2D eigenvalue weighted by atomic mass is 19.1. The summed E-state index contributed by atoms with van der Waals surface area (Å²) in [4.78, 5) is 0. The van der Waals surface area contributed by atoms with Gasteiger partial charge in [0, 0.05) is 6.04 Å². The number of halogens is 1. The normalized spacial score (nSPS) is 15.3. The van der Waals surface area contributed by atoms with Crippen molar-refractivity contribution in [2.45, 2.75) is 53.5 Å². The fourth-order valence-corrected chi connectivity index (χ4v) is 2.81. The molecule has 0 aromatic heterocycles. The molecule has 0 aliphatic heterocycles. The highest BCUT2D eigenvalue weighted by Gasteiger charge is 2.19. The van der Waals surface area contributed by atoms with Crippen molar-refractivity contribution in [1.82, 2.24) is 5.32 Å². The van der Waals surface area contributed by atoms with E-state index in [0.717, 1.165) is 13.0 Å². The highest BCUT2D eigenvalue weighted by Crippen LogP contribution is 2.30. The monoisotopic (exact) mass is 265 g/mol. The quantitative estimate of drug-likeness (QED) is 0.768. The van der Waals surface area contributed by atoms with Crippen molar-refractivity contribution in [3.8, 4) is 0 Å². The van der Waals surface area contributed by atoms with Gasteiger partial charge in [0.1, 0.15) is 5.82 Å². The lowest BCUT2D eigenvalue weighted by Gasteiger charge is -2.27. The van der Waals surface area contributed by atoms with E-state index in [0.29, 0.717) is 17.4 Å². The average Bonchev–Trinajstić information content (AvgIpc) is 2.27. The van der Waals surface area contributed by atoms with Crippen molar-refractivity contribution in [2.75, 3.05) is 6.54 Å². The van der Waals surface area contributed by atoms with E-state index in [2.05, 4.69) is 39.9 Å². The molecule has 0 aliphatic rings. The fourth-order valence-electron chi connectivity index (χ4n) is 2.81.